The number of ether oxygens (including phenoxy) is 1. The van der Waals surface area contributed by atoms with Crippen LogP contribution >= 0.6 is 11.3 Å². The van der Waals surface area contributed by atoms with Crippen molar-refractivity contribution in [2.24, 2.45) is 0 Å². The van der Waals surface area contributed by atoms with Gasteiger partial charge in [0.1, 0.15) is 11.6 Å². The summed E-state index contributed by atoms with van der Waals surface area (Å²) < 4.78 is 5.85. The summed E-state index contributed by atoms with van der Waals surface area (Å²) in [4.78, 5) is 30.8. The quantitative estimate of drug-likeness (QED) is 0.368. The molecule has 0 bridgehead atoms. The van der Waals surface area contributed by atoms with Gasteiger partial charge in [-0.05, 0) is 47.4 Å². The topological polar surface area (TPSA) is 79.7 Å². The van der Waals surface area contributed by atoms with Gasteiger partial charge in [0.15, 0.2) is 0 Å². The Morgan fingerprint density at radius 1 is 1.00 bits per heavy atom. The van der Waals surface area contributed by atoms with Crippen molar-refractivity contribution in [2.45, 2.75) is 19.4 Å². The van der Waals surface area contributed by atoms with Crippen LogP contribution in [0.1, 0.15) is 38.1 Å². The average molecular weight is 471 g/mol. The van der Waals surface area contributed by atoms with Crippen molar-refractivity contribution in [2.75, 3.05) is 11.5 Å². The highest BCUT2D eigenvalue weighted by Gasteiger charge is 2.30. The van der Waals surface area contributed by atoms with Gasteiger partial charge in [-0.1, -0.05) is 54.6 Å². The van der Waals surface area contributed by atoms with E-state index in [0.717, 1.165) is 33.0 Å². The molecular weight excluding hydrogens is 448 g/mol. The van der Waals surface area contributed by atoms with Gasteiger partial charge >= 0.3 is 12.1 Å². The molecule has 1 amide bonds. The number of carboxylic acid groups (broad SMARTS) is 1. The van der Waals surface area contributed by atoms with Gasteiger partial charge in [-0.3, -0.25) is 4.90 Å². The lowest BCUT2D eigenvalue weighted by atomic mass is 9.98. The van der Waals surface area contributed by atoms with Gasteiger partial charge in [-0.25, -0.2) is 14.6 Å². The molecular formula is C27H22N2O4S. The number of fused-ring (bicyclic) bond motifs is 3. The minimum atomic E-state index is -1.06. The first kappa shape index (κ1) is 21.9. The molecule has 3 aromatic carbocycles. The molecule has 1 heterocycles. The van der Waals surface area contributed by atoms with E-state index in [1.54, 1.807) is 12.1 Å². The Bertz CT molecular complexity index is 1330. The molecule has 1 aliphatic carbocycles. The summed E-state index contributed by atoms with van der Waals surface area (Å²) in [5, 5.41) is 12.1. The van der Waals surface area contributed by atoms with Crippen molar-refractivity contribution in [1.82, 2.24) is 4.98 Å². The van der Waals surface area contributed by atoms with Gasteiger partial charge in [0.05, 0.1) is 12.1 Å². The number of anilines is 1. The lowest BCUT2D eigenvalue weighted by Gasteiger charge is -2.23. The van der Waals surface area contributed by atoms with E-state index in [4.69, 9.17) is 4.74 Å². The lowest BCUT2D eigenvalue weighted by molar-refractivity contribution is 0.0696. The van der Waals surface area contributed by atoms with E-state index in [-0.39, 0.29) is 24.6 Å². The van der Waals surface area contributed by atoms with E-state index in [9.17, 15) is 14.7 Å². The van der Waals surface area contributed by atoms with Crippen LogP contribution in [0, 0.1) is 6.92 Å². The third kappa shape index (κ3) is 4.18. The number of aryl methyl sites for hydroxylation is 1. The molecule has 0 unspecified atom stereocenters. The van der Waals surface area contributed by atoms with E-state index in [0.29, 0.717) is 5.69 Å². The van der Waals surface area contributed by atoms with Crippen molar-refractivity contribution in [1.29, 1.82) is 0 Å². The Morgan fingerprint density at radius 2 is 1.68 bits per heavy atom. The maximum absolute atomic E-state index is 13.3. The number of aromatic nitrogens is 1. The number of nitrogens with zero attached hydrogens (tertiary/aromatic N) is 2. The molecule has 0 saturated carbocycles. The third-order valence-corrected chi connectivity index (χ3v) is 6.87. The first-order chi connectivity index (χ1) is 16.5. The van der Waals surface area contributed by atoms with E-state index in [1.807, 2.05) is 36.6 Å². The summed E-state index contributed by atoms with van der Waals surface area (Å²) in [7, 11) is 0. The summed E-state index contributed by atoms with van der Waals surface area (Å²) in [5.74, 6) is -1.12. The van der Waals surface area contributed by atoms with Gasteiger partial charge in [-0.15, -0.1) is 11.3 Å². The van der Waals surface area contributed by atoms with Gasteiger partial charge in [0, 0.05) is 22.7 Å². The number of thiazole rings is 1. The van der Waals surface area contributed by atoms with Crippen molar-refractivity contribution >= 4 is 29.1 Å². The van der Waals surface area contributed by atoms with Crippen LogP contribution in [0.15, 0.2) is 78.2 Å². The molecule has 1 aliphatic rings. The minimum Gasteiger partial charge on any atom is -0.478 e. The molecule has 6 nitrogen and oxygen atoms in total. The standard InChI is InChI=1S/C27H22N2O4S/c1-17-16-34-25(28-17)14-29(19-8-6-7-18(13-19)26(30)31)27(32)33-15-24-22-11-4-2-9-20(22)21-10-3-5-12-23(21)24/h2-13,16,24H,14-15H2,1H3,(H,30,31). The Hall–Kier alpha value is -3.97. The zero-order chi connectivity index (χ0) is 23.7. The van der Waals surface area contributed by atoms with Gasteiger partial charge in [0.2, 0.25) is 0 Å². The van der Waals surface area contributed by atoms with Crippen molar-refractivity contribution < 1.29 is 19.4 Å². The van der Waals surface area contributed by atoms with Crippen LogP contribution < -0.4 is 4.90 Å². The fraction of sp³-hybridized carbons (Fsp3) is 0.148. The van der Waals surface area contributed by atoms with Gasteiger partial charge < -0.3 is 9.84 Å². The SMILES string of the molecule is Cc1csc(CN(C(=O)OCC2c3ccccc3-c3ccccc32)c2cccc(C(=O)O)c2)n1. The number of aromatic carboxylic acids is 1. The molecule has 0 atom stereocenters. The molecule has 0 fully saturated rings. The zero-order valence-electron chi connectivity index (χ0n) is 18.5. The van der Waals surface area contributed by atoms with Crippen molar-refractivity contribution in [3.8, 4) is 11.1 Å². The summed E-state index contributed by atoms with van der Waals surface area (Å²) >= 11 is 1.45. The Balaban J connectivity index is 1.42. The molecule has 170 valence electrons. The fourth-order valence-corrected chi connectivity index (χ4v) is 5.11. The van der Waals surface area contributed by atoms with Crippen LogP contribution in [0.5, 0.6) is 0 Å². The number of amides is 1. The highest BCUT2D eigenvalue weighted by Crippen LogP contribution is 2.44. The molecule has 1 N–H and O–H groups in total. The first-order valence-corrected chi connectivity index (χ1v) is 11.8. The maximum Gasteiger partial charge on any atom is 0.414 e. The summed E-state index contributed by atoms with van der Waals surface area (Å²) in [6, 6.07) is 22.6. The molecule has 0 radical (unpaired) electrons. The van der Waals surface area contributed by atoms with Gasteiger partial charge in [0.25, 0.3) is 0 Å². The first-order valence-electron chi connectivity index (χ1n) is 10.9. The number of carbonyl (C=O) groups excluding carboxylic acids is 1. The number of benzene rings is 3. The van der Waals surface area contributed by atoms with Crippen molar-refractivity contribution in [3.63, 3.8) is 0 Å². The molecule has 1 aromatic heterocycles. The Morgan fingerprint density at radius 3 is 2.29 bits per heavy atom. The number of carboxylic acids is 1. The van der Waals surface area contributed by atoms with Crippen LogP contribution in [0.3, 0.4) is 0 Å². The van der Waals surface area contributed by atoms with Crippen LogP contribution in [0.4, 0.5) is 10.5 Å². The molecule has 7 heteroatoms. The van der Waals surface area contributed by atoms with E-state index in [1.165, 1.54) is 28.4 Å². The lowest BCUT2D eigenvalue weighted by Crippen LogP contribution is -2.32. The smallest absolute Gasteiger partial charge is 0.414 e. The zero-order valence-corrected chi connectivity index (χ0v) is 19.3. The number of hydrogen-bond donors (Lipinski definition) is 1. The Kier molecular flexibility index (Phi) is 5.86. The van der Waals surface area contributed by atoms with Crippen LogP contribution in [0.25, 0.3) is 11.1 Å². The highest BCUT2D eigenvalue weighted by molar-refractivity contribution is 7.09. The second-order valence-corrected chi connectivity index (χ2v) is 9.07. The summed E-state index contributed by atoms with van der Waals surface area (Å²) in [6.07, 6.45) is -0.544. The van der Waals surface area contributed by atoms with E-state index >= 15 is 0 Å². The maximum atomic E-state index is 13.3. The predicted molar refractivity (Wildman–Crippen MR) is 132 cm³/mol. The minimum absolute atomic E-state index is 0.0642. The largest absolute Gasteiger partial charge is 0.478 e. The molecule has 0 spiro atoms. The monoisotopic (exact) mass is 470 g/mol. The molecule has 0 aliphatic heterocycles. The van der Waals surface area contributed by atoms with Crippen LogP contribution in [-0.2, 0) is 11.3 Å². The summed E-state index contributed by atoms with van der Waals surface area (Å²) in [5.41, 5.74) is 5.99. The normalized spacial score (nSPS) is 12.1. The number of rotatable bonds is 6. The number of carbonyl (C=O) groups is 2. The highest BCUT2D eigenvalue weighted by atomic mass is 32.1. The Labute approximate surface area is 201 Å². The molecule has 34 heavy (non-hydrogen) atoms. The number of hydrogen-bond acceptors (Lipinski definition) is 5. The predicted octanol–water partition coefficient (Wildman–Crippen LogP) is 6.11. The second-order valence-electron chi connectivity index (χ2n) is 8.13. The van der Waals surface area contributed by atoms with Gasteiger partial charge in [-0.2, -0.15) is 0 Å². The second kappa shape index (κ2) is 9.11. The fourth-order valence-electron chi connectivity index (χ4n) is 4.35. The van der Waals surface area contributed by atoms with Crippen molar-refractivity contribution in [3.05, 3.63) is 106 Å². The third-order valence-electron chi connectivity index (χ3n) is 5.92. The molecule has 0 saturated heterocycles. The van der Waals surface area contributed by atoms with Crippen LogP contribution in [0.2, 0.25) is 0 Å². The molecule has 4 aromatic rings. The van der Waals surface area contributed by atoms with Crippen LogP contribution in [-0.4, -0.2) is 28.8 Å². The van der Waals surface area contributed by atoms with E-state index < -0.39 is 12.1 Å². The average Bonchev–Trinajstić information content (AvgIpc) is 3.41. The summed E-state index contributed by atoms with van der Waals surface area (Å²) in [6.45, 7) is 2.26. The molecule has 5 rings (SSSR count). The van der Waals surface area contributed by atoms with E-state index in [2.05, 4.69) is 29.2 Å².